The summed E-state index contributed by atoms with van der Waals surface area (Å²) in [7, 11) is 0. The van der Waals surface area contributed by atoms with Gasteiger partial charge < -0.3 is 11.1 Å². The summed E-state index contributed by atoms with van der Waals surface area (Å²) in [5.41, 5.74) is 5.10. The van der Waals surface area contributed by atoms with Crippen molar-refractivity contribution in [1.29, 1.82) is 0 Å². The van der Waals surface area contributed by atoms with Gasteiger partial charge in [0.15, 0.2) is 0 Å². The number of carbonyl (C=O) groups is 1. The van der Waals surface area contributed by atoms with Gasteiger partial charge in [0.25, 0.3) is 0 Å². The number of nitrogens with one attached hydrogen (secondary N) is 1. The minimum Gasteiger partial charge on any atom is -0.342 e. The van der Waals surface area contributed by atoms with Gasteiger partial charge in [-0.1, -0.05) is 12.0 Å². The second-order valence-corrected chi connectivity index (χ2v) is 1.56. The van der Waals surface area contributed by atoms with Gasteiger partial charge >= 0.3 is 0 Å². The lowest BCUT2D eigenvalue weighted by Gasteiger charge is -1.92. The van der Waals surface area contributed by atoms with Crippen molar-refractivity contribution in [3.8, 4) is 12.3 Å². The molecule has 10 heavy (non-hydrogen) atoms. The molecule has 3 heteroatoms. The maximum atomic E-state index is 10.6. The Morgan fingerprint density at radius 1 is 1.80 bits per heavy atom. The van der Waals surface area contributed by atoms with Crippen molar-refractivity contribution in [3.05, 3.63) is 12.2 Å². The third kappa shape index (κ3) is 4.88. The highest BCUT2D eigenvalue weighted by Gasteiger charge is 1.88. The van der Waals surface area contributed by atoms with E-state index in [1.807, 2.05) is 0 Å². The number of terminal acetylenes is 1. The first-order chi connectivity index (χ1) is 4.81. The third-order valence-corrected chi connectivity index (χ3v) is 0.770. The Bertz CT molecular complexity index is 167. The summed E-state index contributed by atoms with van der Waals surface area (Å²) in [5.74, 6) is 2.07. The second kappa shape index (κ2) is 5.86. The summed E-state index contributed by atoms with van der Waals surface area (Å²) in [6.45, 7) is 0.622. The van der Waals surface area contributed by atoms with Crippen LogP contribution in [0.1, 0.15) is 0 Å². The summed E-state index contributed by atoms with van der Waals surface area (Å²) in [6, 6.07) is 0. The molecule has 0 heterocycles. The fourth-order valence-electron chi connectivity index (χ4n) is 0.372. The van der Waals surface area contributed by atoms with Gasteiger partial charge in [0.2, 0.25) is 5.91 Å². The van der Waals surface area contributed by atoms with Crippen LogP contribution in [-0.4, -0.2) is 19.0 Å². The fraction of sp³-hybridized carbons (Fsp3) is 0.286. The summed E-state index contributed by atoms with van der Waals surface area (Å²) in [4.78, 5) is 10.6. The molecule has 0 saturated heterocycles. The number of carbonyl (C=O) groups excluding carboxylic acids is 1. The van der Waals surface area contributed by atoms with Gasteiger partial charge in [0.1, 0.15) is 0 Å². The van der Waals surface area contributed by atoms with Crippen LogP contribution >= 0.6 is 0 Å². The maximum absolute atomic E-state index is 10.6. The molecule has 0 fully saturated rings. The third-order valence-electron chi connectivity index (χ3n) is 0.770. The number of hydrogen-bond donors (Lipinski definition) is 2. The van der Waals surface area contributed by atoms with Crippen molar-refractivity contribution in [3.63, 3.8) is 0 Å². The van der Waals surface area contributed by atoms with Gasteiger partial charge in [-0.3, -0.25) is 4.79 Å². The standard InChI is InChI=1S/C7H10N2O/c1-2-6-9-7(10)4-3-5-8/h1,3-4H,5-6,8H2,(H,9,10)/b4-3+. The average molecular weight is 138 g/mol. The van der Waals surface area contributed by atoms with Gasteiger partial charge in [0, 0.05) is 12.6 Å². The van der Waals surface area contributed by atoms with E-state index in [0.717, 1.165) is 0 Å². The molecule has 3 N–H and O–H groups in total. The zero-order chi connectivity index (χ0) is 7.82. The number of rotatable bonds is 3. The number of amides is 1. The Morgan fingerprint density at radius 3 is 3.00 bits per heavy atom. The lowest BCUT2D eigenvalue weighted by Crippen LogP contribution is -2.21. The van der Waals surface area contributed by atoms with Gasteiger partial charge in [-0.05, 0) is 0 Å². The van der Waals surface area contributed by atoms with Crippen molar-refractivity contribution in [2.45, 2.75) is 0 Å². The minimum atomic E-state index is -0.205. The van der Waals surface area contributed by atoms with Gasteiger partial charge in [-0.25, -0.2) is 0 Å². The molecule has 0 aliphatic heterocycles. The van der Waals surface area contributed by atoms with Crippen LogP contribution in [-0.2, 0) is 4.79 Å². The molecule has 0 aromatic heterocycles. The van der Waals surface area contributed by atoms with E-state index in [1.54, 1.807) is 6.08 Å². The van der Waals surface area contributed by atoms with Crippen LogP contribution in [0.3, 0.4) is 0 Å². The van der Waals surface area contributed by atoms with E-state index in [9.17, 15) is 4.79 Å². The Hall–Kier alpha value is -1.27. The molecule has 0 unspecified atom stereocenters. The van der Waals surface area contributed by atoms with Gasteiger partial charge in [0.05, 0.1) is 6.54 Å². The lowest BCUT2D eigenvalue weighted by atomic mass is 10.4. The zero-order valence-corrected chi connectivity index (χ0v) is 5.63. The highest BCUT2D eigenvalue weighted by Crippen LogP contribution is 1.69. The molecule has 0 aliphatic carbocycles. The quantitative estimate of drug-likeness (QED) is 0.398. The molecule has 0 atom stereocenters. The van der Waals surface area contributed by atoms with Crippen molar-refractivity contribution in [2.24, 2.45) is 5.73 Å². The predicted molar refractivity (Wildman–Crippen MR) is 40.0 cm³/mol. The molecule has 54 valence electrons. The summed E-state index contributed by atoms with van der Waals surface area (Å²) >= 11 is 0. The normalized spacial score (nSPS) is 9.20. The Labute approximate surface area is 60.3 Å². The van der Waals surface area contributed by atoms with E-state index in [2.05, 4.69) is 11.2 Å². The molecule has 3 nitrogen and oxygen atoms in total. The molecule has 0 rings (SSSR count). The van der Waals surface area contributed by atoms with E-state index in [1.165, 1.54) is 6.08 Å². The number of nitrogens with two attached hydrogens (primary N) is 1. The van der Waals surface area contributed by atoms with E-state index in [-0.39, 0.29) is 12.5 Å². The molecule has 0 radical (unpaired) electrons. The lowest BCUT2D eigenvalue weighted by molar-refractivity contribution is -0.116. The molecule has 1 amide bonds. The highest BCUT2D eigenvalue weighted by atomic mass is 16.1. The smallest absolute Gasteiger partial charge is 0.244 e. The molecule has 0 aromatic rings. The van der Waals surface area contributed by atoms with E-state index < -0.39 is 0 Å². The minimum absolute atomic E-state index is 0.205. The Balaban J connectivity index is 3.46. The molecular formula is C7H10N2O. The predicted octanol–water partition coefficient (Wildman–Crippen LogP) is -0.749. The number of hydrogen-bond acceptors (Lipinski definition) is 2. The SMILES string of the molecule is C#CCNC(=O)/C=C/CN. The molecule has 0 saturated carbocycles. The molecular weight excluding hydrogens is 128 g/mol. The van der Waals surface area contributed by atoms with Crippen molar-refractivity contribution in [1.82, 2.24) is 5.32 Å². The van der Waals surface area contributed by atoms with Crippen molar-refractivity contribution in [2.75, 3.05) is 13.1 Å². The topological polar surface area (TPSA) is 55.1 Å². The summed E-state index contributed by atoms with van der Waals surface area (Å²) in [5, 5.41) is 2.45. The second-order valence-electron chi connectivity index (χ2n) is 1.56. The van der Waals surface area contributed by atoms with E-state index in [4.69, 9.17) is 12.2 Å². The monoisotopic (exact) mass is 138 g/mol. The van der Waals surface area contributed by atoms with Crippen LogP contribution in [0.5, 0.6) is 0 Å². The van der Waals surface area contributed by atoms with Crippen LogP contribution < -0.4 is 11.1 Å². The van der Waals surface area contributed by atoms with Crippen LogP contribution in [0.4, 0.5) is 0 Å². The first-order valence-corrected chi connectivity index (χ1v) is 2.89. The van der Waals surface area contributed by atoms with Gasteiger partial charge in [-0.2, -0.15) is 0 Å². The largest absolute Gasteiger partial charge is 0.342 e. The zero-order valence-electron chi connectivity index (χ0n) is 5.63. The summed E-state index contributed by atoms with van der Waals surface area (Å²) in [6.07, 6.45) is 7.81. The average Bonchev–Trinajstić information content (AvgIpc) is 1.97. The van der Waals surface area contributed by atoms with Crippen molar-refractivity contribution >= 4 is 5.91 Å². The molecule has 0 aliphatic rings. The van der Waals surface area contributed by atoms with E-state index >= 15 is 0 Å². The Morgan fingerprint density at radius 2 is 2.50 bits per heavy atom. The van der Waals surface area contributed by atoms with Gasteiger partial charge in [-0.15, -0.1) is 6.42 Å². The van der Waals surface area contributed by atoms with Crippen molar-refractivity contribution < 1.29 is 4.79 Å². The van der Waals surface area contributed by atoms with Crippen LogP contribution in [0.2, 0.25) is 0 Å². The fourth-order valence-corrected chi connectivity index (χ4v) is 0.372. The van der Waals surface area contributed by atoms with Crippen LogP contribution in [0.25, 0.3) is 0 Å². The molecule has 0 bridgehead atoms. The van der Waals surface area contributed by atoms with Crippen LogP contribution in [0.15, 0.2) is 12.2 Å². The first kappa shape index (κ1) is 8.73. The van der Waals surface area contributed by atoms with Crippen LogP contribution in [0, 0.1) is 12.3 Å². The molecule has 0 aromatic carbocycles. The maximum Gasteiger partial charge on any atom is 0.244 e. The Kier molecular flexibility index (Phi) is 5.12. The van der Waals surface area contributed by atoms with E-state index in [0.29, 0.717) is 6.54 Å². The first-order valence-electron chi connectivity index (χ1n) is 2.89. The summed E-state index contributed by atoms with van der Waals surface area (Å²) < 4.78 is 0. The highest BCUT2D eigenvalue weighted by molar-refractivity contribution is 5.87. The molecule has 0 spiro atoms.